The first kappa shape index (κ1) is 13.9. The maximum Gasteiger partial charge on any atom is 0.0486 e. The molecule has 0 saturated carbocycles. The second-order valence-electron chi connectivity index (χ2n) is 5.74. The predicted molar refractivity (Wildman–Crippen MR) is 89.7 cm³/mol. The summed E-state index contributed by atoms with van der Waals surface area (Å²) in [7, 11) is 1.99. The van der Waals surface area contributed by atoms with Crippen molar-refractivity contribution in [2.75, 3.05) is 7.05 Å². The third kappa shape index (κ3) is 2.72. The van der Waals surface area contributed by atoms with E-state index in [2.05, 4.69) is 72.4 Å². The maximum atomic E-state index is 3.22. The highest BCUT2D eigenvalue weighted by Crippen LogP contribution is 2.21. The molecule has 1 aromatic heterocycles. The van der Waals surface area contributed by atoms with Crippen molar-refractivity contribution in [2.24, 2.45) is 0 Å². The van der Waals surface area contributed by atoms with Crippen LogP contribution in [-0.2, 0) is 13.1 Å². The molecule has 3 aromatic rings. The molecule has 0 aliphatic rings. The van der Waals surface area contributed by atoms with Crippen molar-refractivity contribution >= 4 is 10.9 Å². The van der Waals surface area contributed by atoms with E-state index >= 15 is 0 Å². The van der Waals surface area contributed by atoms with Crippen LogP contribution < -0.4 is 5.32 Å². The highest BCUT2D eigenvalue weighted by molar-refractivity contribution is 5.81. The molecule has 0 unspecified atom stereocenters. The van der Waals surface area contributed by atoms with E-state index in [-0.39, 0.29) is 0 Å². The van der Waals surface area contributed by atoms with Gasteiger partial charge in [-0.15, -0.1) is 0 Å². The fourth-order valence-electron chi connectivity index (χ4n) is 2.95. The summed E-state index contributed by atoms with van der Waals surface area (Å²) in [5.74, 6) is 0. The van der Waals surface area contributed by atoms with E-state index in [4.69, 9.17) is 0 Å². The monoisotopic (exact) mass is 278 g/mol. The summed E-state index contributed by atoms with van der Waals surface area (Å²) < 4.78 is 2.35. The van der Waals surface area contributed by atoms with Gasteiger partial charge < -0.3 is 9.88 Å². The number of benzene rings is 2. The summed E-state index contributed by atoms with van der Waals surface area (Å²) in [4.78, 5) is 0. The summed E-state index contributed by atoms with van der Waals surface area (Å²) in [6.45, 7) is 6.23. The van der Waals surface area contributed by atoms with Crippen molar-refractivity contribution < 1.29 is 0 Å². The molecule has 2 aromatic carbocycles. The molecule has 2 nitrogen and oxygen atoms in total. The second-order valence-corrected chi connectivity index (χ2v) is 5.74. The van der Waals surface area contributed by atoms with Gasteiger partial charge in [-0.1, -0.05) is 30.3 Å². The van der Waals surface area contributed by atoms with Gasteiger partial charge in [0.15, 0.2) is 0 Å². The van der Waals surface area contributed by atoms with Crippen LogP contribution in [-0.4, -0.2) is 11.6 Å². The van der Waals surface area contributed by atoms with Gasteiger partial charge in [0.25, 0.3) is 0 Å². The van der Waals surface area contributed by atoms with Gasteiger partial charge in [-0.2, -0.15) is 0 Å². The zero-order valence-corrected chi connectivity index (χ0v) is 13.0. The van der Waals surface area contributed by atoms with Crippen LogP contribution in [0.25, 0.3) is 10.9 Å². The Hall–Kier alpha value is -2.06. The van der Waals surface area contributed by atoms with E-state index in [0.717, 1.165) is 13.1 Å². The van der Waals surface area contributed by atoms with Crippen molar-refractivity contribution in [1.82, 2.24) is 9.88 Å². The van der Waals surface area contributed by atoms with Crippen molar-refractivity contribution in [3.05, 3.63) is 70.9 Å². The first-order valence-corrected chi connectivity index (χ1v) is 7.46. The van der Waals surface area contributed by atoms with Gasteiger partial charge in [-0.3, -0.25) is 0 Å². The highest BCUT2D eigenvalue weighted by Gasteiger charge is 2.06. The van der Waals surface area contributed by atoms with E-state index in [1.807, 2.05) is 7.05 Å². The lowest BCUT2D eigenvalue weighted by atomic mass is 10.0. The molecule has 3 rings (SSSR count). The minimum Gasteiger partial charge on any atom is -0.343 e. The quantitative estimate of drug-likeness (QED) is 0.762. The lowest BCUT2D eigenvalue weighted by Crippen LogP contribution is -2.06. The molecule has 0 aliphatic carbocycles. The topological polar surface area (TPSA) is 17.0 Å². The van der Waals surface area contributed by atoms with Gasteiger partial charge in [0.1, 0.15) is 0 Å². The standard InChI is InChI=1S/C19H22N2/c1-14-5-4-6-15(2)18(14)13-21-10-9-17-8-7-16(12-20-3)11-19(17)21/h4-11,20H,12-13H2,1-3H3. The Morgan fingerprint density at radius 1 is 1.00 bits per heavy atom. The third-order valence-corrected chi connectivity index (χ3v) is 4.19. The number of nitrogens with zero attached hydrogens (tertiary/aromatic N) is 1. The summed E-state index contributed by atoms with van der Waals surface area (Å²) in [6, 6.07) is 15.4. The van der Waals surface area contributed by atoms with Crippen LogP contribution in [0.4, 0.5) is 0 Å². The SMILES string of the molecule is CNCc1ccc2ccn(Cc3c(C)cccc3C)c2c1. The molecule has 1 N–H and O–H groups in total. The fourth-order valence-corrected chi connectivity index (χ4v) is 2.95. The van der Waals surface area contributed by atoms with Gasteiger partial charge in [0, 0.05) is 24.8 Å². The Labute approximate surface area is 126 Å². The van der Waals surface area contributed by atoms with Crippen LogP contribution in [0.5, 0.6) is 0 Å². The van der Waals surface area contributed by atoms with Crippen molar-refractivity contribution in [2.45, 2.75) is 26.9 Å². The molecule has 2 heteroatoms. The number of hydrogen-bond acceptors (Lipinski definition) is 1. The Morgan fingerprint density at radius 2 is 1.76 bits per heavy atom. The van der Waals surface area contributed by atoms with Crippen molar-refractivity contribution in [3.63, 3.8) is 0 Å². The normalized spacial score (nSPS) is 11.2. The first-order chi connectivity index (χ1) is 10.2. The van der Waals surface area contributed by atoms with Crippen LogP contribution in [0.1, 0.15) is 22.3 Å². The van der Waals surface area contributed by atoms with Gasteiger partial charge in [0.05, 0.1) is 0 Å². The van der Waals surface area contributed by atoms with Crippen LogP contribution in [0.3, 0.4) is 0 Å². The molecule has 0 atom stereocenters. The summed E-state index contributed by atoms with van der Waals surface area (Å²) in [6.07, 6.45) is 2.19. The summed E-state index contributed by atoms with van der Waals surface area (Å²) in [5, 5.41) is 4.53. The smallest absolute Gasteiger partial charge is 0.0486 e. The van der Waals surface area contributed by atoms with Crippen LogP contribution in [0.2, 0.25) is 0 Å². The lowest BCUT2D eigenvalue weighted by molar-refractivity contribution is 0.808. The van der Waals surface area contributed by atoms with Crippen LogP contribution >= 0.6 is 0 Å². The number of hydrogen-bond donors (Lipinski definition) is 1. The molecule has 0 amide bonds. The third-order valence-electron chi connectivity index (χ3n) is 4.19. The molecular formula is C19H22N2. The molecule has 0 radical (unpaired) electrons. The van der Waals surface area contributed by atoms with Gasteiger partial charge >= 0.3 is 0 Å². The molecule has 0 saturated heterocycles. The molecule has 0 bridgehead atoms. The Bertz CT molecular complexity index is 748. The Balaban J connectivity index is 2.02. The Morgan fingerprint density at radius 3 is 2.48 bits per heavy atom. The highest BCUT2D eigenvalue weighted by atomic mass is 15.0. The van der Waals surface area contributed by atoms with Crippen molar-refractivity contribution in [3.8, 4) is 0 Å². The average molecular weight is 278 g/mol. The first-order valence-electron chi connectivity index (χ1n) is 7.46. The van der Waals surface area contributed by atoms with E-state index in [0.29, 0.717) is 0 Å². The Kier molecular flexibility index (Phi) is 3.80. The molecule has 0 aliphatic heterocycles. The average Bonchev–Trinajstić information content (AvgIpc) is 2.86. The fraction of sp³-hybridized carbons (Fsp3) is 0.263. The number of rotatable bonds is 4. The van der Waals surface area contributed by atoms with E-state index in [9.17, 15) is 0 Å². The maximum absolute atomic E-state index is 3.22. The predicted octanol–water partition coefficient (Wildman–Crippen LogP) is 4.03. The molecule has 108 valence electrons. The minimum atomic E-state index is 0.907. The lowest BCUT2D eigenvalue weighted by Gasteiger charge is -2.12. The number of aryl methyl sites for hydroxylation is 2. The molecule has 21 heavy (non-hydrogen) atoms. The second kappa shape index (κ2) is 5.74. The van der Waals surface area contributed by atoms with Crippen LogP contribution in [0.15, 0.2) is 48.7 Å². The van der Waals surface area contributed by atoms with Crippen LogP contribution in [0, 0.1) is 13.8 Å². The van der Waals surface area contributed by atoms with E-state index in [1.54, 1.807) is 0 Å². The zero-order chi connectivity index (χ0) is 14.8. The number of nitrogens with one attached hydrogen (secondary N) is 1. The minimum absolute atomic E-state index is 0.907. The number of aromatic nitrogens is 1. The number of fused-ring (bicyclic) bond motifs is 1. The van der Waals surface area contributed by atoms with E-state index in [1.165, 1.54) is 33.2 Å². The van der Waals surface area contributed by atoms with Crippen molar-refractivity contribution in [1.29, 1.82) is 0 Å². The van der Waals surface area contributed by atoms with Gasteiger partial charge in [-0.05, 0) is 60.7 Å². The summed E-state index contributed by atoms with van der Waals surface area (Å²) in [5.41, 5.74) is 6.79. The molecular weight excluding hydrogens is 256 g/mol. The van der Waals surface area contributed by atoms with E-state index < -0.39 is 0 Å². The zero-order valence-electron chi connectivity index (χ0n) is 13.0. The largest absolute Gasteiger partial charge is 0.343 e. The molecule has 0 fully saturated rings. The summed E-state index contributed by atoms with van der Waals surface area (Å²) >= 11 is 0. The van der Waals surface area contributed by atoms with Gasteiger partial charge in [0.2, 0.25) is 0 Å². The van der Waals surface area contributed by atoms with Gasteiger partial charge in [-0.25, -0.2) is 0 Å². The molecule has 1 heterocycles. The molecule has 0 spiro atoms.